The Morgan fingerprint density at radius 2 is 1.70 bits per heavy atom. The Morgan fingerprint density at radius 1 is 1.07 bits per heavy atom. The monoisotopic (exact) mass is 433 g/mol. The number of thioether (sulfide) groups is 1. The van der Waals surface area contributed by atoms with E-state index in [1.165, 1.54) is 12.2 Å². The Balaban J connectivity index is 1.84. The van der Waals surface area contributed by atoms with Gasteiger partial charge in [0.2, 0.25) is 0 Å². The van der Waals surface area contributed by atoms with Gasteiger partial charge in [0, 0.05) is 23.1 Å². The summed E-state index contributed by atoms with van der Waals surface area (Å²) in [6.07, 6.45) is -1.70. The van der Waals surface area contributed by atoms with E-state index in [1.807, 2.05) is 20.8 Å². The second-order valence-corrected chi connectivity index (χ2v) is 9.02. The molecular formula is C24H26F3NOS. The quantitative estimate of drug-likeness (QED) is 0.615. The van der Waals surface area contributed by atoms with Crippen molar-refractivity contribution < 1.29 is 18.0 Å². The molecule has 1 saturated heterocycles. The summed E-state index contributed by atoms with van der Waals surface area (Å²) in [4.78, 5) is 12.4. The summed E-state index contributed by atoms with van der Waals surface area (Å²) in [5, 5.41) is 2.97. The van der Waals surface area contributed by atoms with Crippen molar-refractivity contribution in [3.8, 4) is 0 Å². The lowest BCUT2D eigenvalue weighted by molar-refractivity contribution is -0.139. The highest BCUT2D eigenvalue weighted by molar-refractivity contribution is 8.00. The van der Waals surface area contributed by atoms with Crippen LogP contribution in [0.5, 0.6) is 0 Å². The number of aryl methyl sites for hydroxylation is 3. The zero-order valence-corrected chi connectivity index (χ0v) is 18.4. The van der Waals surface area contributed by atoms with E-state index in [9.17, 15) is 18.0 Å². The van der Waals surface area contributed by atoms with Crippen LogP contribution in [-0.4, -0.2) is 29.6 Å². The number of benzene rings is 2. The van der Waals surface area contributed by atoms with E-state index in [2.05, 4.69) is 5.32 Å². The van der Waals surface area contributed by atoms with E-state index in [0.29, 0.717) is 11.1 Å². The number of hydrogen-bond donors (Lipinski definition) is 1. The molecule has 0 spiro atoms. The highest BCUT2D eigenvalue weighted by Gasteiger charge is 2.39. The van der Waals surface area contributed by atoms with Crippen LogP contribution in [0.1, 0.15) is 49.7 Å². The Morgan fingerprint density at radius 3 is 2.20 bits per heavy atom. The molecule has 1 amide bonds. The van der Waals surface area contributed by atoms with Gasteiger partial charge in [0.05, 0.1) is 5.92 Å². The van der Waals surface area contributed by atoms with Gasteiger partial charge >= 0.3 is 6.18 Å². The van der Waals surface area contributed by atoms with Crippen molar-refractivity contribution >= 4 is 23.7 Å². The van der Waals surface area contributed by atoms with E-state index in [4.69, 9.17) is 0 Å². The fourth-order valence-corrected chi connectivity index (χ4v) is 4.13. The Bertz CT molecular complexity index is 954. The molecule has 1 unspecified atom stereocenters. The molecule has 1 heterocycles. The largest absolute Gasteiger partial charge is 0.399 e. The van der Waals surface area contributed by atoms with Crippen molar-refractivity contribution in [2.75, 3.05) is 11.5 Å². The van der Waals surface area contributed by atoms with Crippen LogP contribution in [0.3, 0.4) is 0 Å². The van der Waals surface area contributed by atoms with Crippen molar-refractivity contribution in [1.82, 2.24) is 5.32 Å². The molecule has 1 atom stereocenters. The molecule has 1 fully saturated rings. The van der Waals surface area contributed by atoms with Gasteiger partial charge in [-0.2, -0.15) is 24.9 Å². The molecule has 0 aliphatic carbocycles. The van der Waals surface area contributed by atoms with Gasteiger partial charge < -0.3 is 5.32 Å². The summed E-state index contributed by atoms with van der Waals surface area (Å²) in [6, 6.07) is 8.55. The maximum Gasteiger partial charge on any atom is 0.399 e. The van der Waals surface area contributed by atoms with E-state index in [0.717, 1.165) is 33.8 Å². The van der Waals surface area contributed by atoms with Crippen LogP contribution in [0.15, 0.2) is 36.4 Å². The predicted molar refractivity (Wildman–Crippen MR) is 118 cm³/mol. The molecule has 1 aliphatic rings. The molecule has 6 heteroatoms. The minimum absolute atomic E-state index is 0.132. The molecule has 1 N–H and O–H groups in total. The van der Waals surface area contributed by atoms with Crippen molar-refractivity contribution in [3.63, 3.8) is 0 Å². The SMILES string of the molecule is Cc1cc(/C=C/C(c2cc(C)c(C)c(C)c2)C(F)(F)F)ccc1C(=O)NC1CSC1. The molecule has 160 valence electrons. The topological polar surface area (TPSA) is 29.1 Å². The number of carbonyl (C=O) groups excluding carboxylic acids is 1. The minimum Gasteiger partial charge on any atom is -0.348 e. The standard InChI is InChI=1S/C24H26F3NOS/c1-14-10-19(11-15(2)17(14)4)22(24(25,26)27)8-6-18-5-7-21(16(3)9-18)23(29)28-20-12-30-13-20/h5-11,20,22H,12-13H2,1-4H3,(H,28,29)/b8-6+. The third kappa shape index (κ3) is 5.09. The number of alkyl halides is 3. The van der Waals surface area contributed by atoms with Crippen LogP contribution < -0.4 is 5.32 Å². The molecule has 2 aromatic carbocycles. The predicted octanol–water partition coefficient (Wildman–Crippen LogP) is 6.12. The van der Waals surface area contributed by atoms with Crippen LogP contribution in [0.2, 0.25) is 0 Å². The van der Waals surface area contributed by atoms with Gasteiger partial charge in [0.1, 0.15) is 0 Å². The number of hydrogen-bond acceptors (Lipinski definition) is 2. The van der Waals surface area contributed by atoms with E-state index in [-0.39, 0.29) is 17.5 Å². The summed E-state index contributed by atoms with van der Waals surface area (Å²) in [5.41, 5.74) is 4.89. The van der Waals surface area contributed by atoms with E-state index in [1.54, 1.807) is 49.0 Å². The zero-order chi connectivity index (χ0) is 22.1. The fraction of sp³-hybridized carbons (Fsp3) is 0.375. The third-order valence-electron chi connectivity index (χ3n) is 5.61. The van der Waals surface area contributed by atoms with Gasteiger partial charge in [0.25, 0.3) is 5.91 Å². The average Bonchev–Trinajstić information content (AvgIpc) is 2.61. The molecule has 30 heavy (non-hydrogen) atoms. The molecule has 0 aromatic heterocycles. The second kappa shape index (κ2) is 8.88. The lowest BCUT2D eigenvalue weighted by atomic mass is 9.91. The van der Waals surface area contributed by atoms with Crippen LogP contribution in [0.25, 0.3) is 6.08 Å². The number of carbonyl (C=O) groups is 1. The number of amides is 1. The Labute approximate surface area is 180 Å². The molecule has 3 rings (SSSR count). The summed E-state index contributed by atoms with van der Waals surface area (Å²) in [5.74, 6) is 0.0205. The van der Waals surface area contributed by atoms with Crippen LogP contribution in [-0.2, 0) is 0 Å². The average molecular weight is 434 g/mol. The number of allylic oxidation sites excluding steroid dienone is 1. The third-order valence-corrected chi connectivity index (χ3v) is 6.89. The van der Waals surface area contributed by atoms with Crippen LogP contribution in [0.4, 0.5) is 13.2 Å². The fourth-order valence-electron chi connectivity index (χ4n) is 3.49. The lowest BCUT2D eigenvalue weighted by Crippen LogP contribution is -2.44. The summed E-state index contributed by atoms with van der Waals surface area (Å²) in [7, 11) is 0. The molecule has 2 nitrogen and oxygen atoms in total. The highest BCUT2D eigenvalue weighted by Crippen LogP contribution is 2.37. The van der Waals surface area contributed by atoms with Crippen molar-refractivity contribution in [2.45, 2.75) is 45.8 Å². The maximum absolute atomic E-state index is 13.8. The number of halogens is 3. The van der Waals surface area contributed by atoms with Gasteiger partial charge in [-0.3, -0.25) is 4.79 Å². The first kappa shape index (κ1) is 22.5. The summed E-state index contributed by atoms with van der Waals surface area (Å²) >= 11 is 1.78. The summed E-state index contributed by atoms with van der Waals surface area (Å²) in [6.45, 7) is 7.38. The van der Waals surface area contributed by atoms with Crippen molar-refractivity contribution in [1.29, 1.82) is 0 Å². The second-order valence-electron chi connectivity index (χ2n) is 7.94. The molecular weight excluding hydrogens is 407 g/mol. The zero-order valence-electron chi connectivity index (χ0n) is 17.6. The van der Waals surface area contributed by atoms with E-state index >= 15 is 0 Å². The smallest absolute Gasteiger partial charge is 0.348 e. The van der Waals surface area contributed by atoms with Gasteiger partial charge in [-0.05, 0) is 67.1 Å². The maximum atomic E-state index is 13.8. The van der Waals surface area contributed by atoms with Gasteiger partial charge in [-0.15, -0.1) is 0 Å². The Hall–Kier alpha value is -2.21. The van der Waals surface area contributed by atoms with Gasteiger partial charge in [-0.1, -0.05) is 36.4 Å². The summed E-state index contributed by atoms with van der Waals surface area (Å²) < 4.78 is 41.3. The molecule has 2 aromatic rings. The first-order chi connectivity index (χ1) is 14.1. The van der Waals surface area contributed by atoms with Gasteiger partial charge in [0.15, 0.2) is 0 Å². The first-order valence-corrected chi connectivity index (χ1v) is 11.0. The van der Waals surface area contributed by atoms with Crippen LogP contribution in [0, 0.1) is 27.7 Å². The molecule has 0 saturated carbocycles. The Kier molecular flexibility index (Phi) is 6.65. The van der Waals surface area contributed by atoms with Gasteiger partial charge in [-0.25, -0.2) is 0 Å². The minimum atomic E-state index is -4.39. The number of rotatable bonds is 5. The normalized spacial score (nSPS) is 15.8. The van der Waals surface area contributed by atoms with Crippen LogP contribution >= 0.6 is 11.8 Å². The van der Waals surface area contributed by atoms with Crippen molar-refractivity contribution in [2.24, 2.45) is 0 Å². The molecule has 1 aliphatic heterocycles. The van der Waals surface area contributed by atoms with Crippen molar-refractivity contribution in [3.05, 3.63) is 75.4 Å². The highest BCUT2D eigenvalue weighted by atomic mass is 32.2. The molecule has 0 bridgehead atoms. The first-order valence-electron chi connectivity index (χ1n) is 9.88. The molecule has 0 radical (unpaired) electrons. The van der Waals surface area contributed by atoms with E-state index < -0.39 is 12.1 Å². The lowest BCUT2D eigenvalue weighted by Gasteiger charge is -2.26. The number of nitrogens with one attached hydrogen (secondary N) is 1.